The number of fused-ring (bicyclic) bond motifs is 20. The van der Waals surface area contributed by atoms with E-state index in [0.29, 0.717) is 217 Å². The molecular weight excluding hydrogens is 1640 g/mol. The molecule has 29 unspecified atom stereocenters. The van der Waals surface area contributed by atoms with Gasteiger partial charge in [-0.25, -0.2) is 4.79 Å². The minimum absolute atomic E-state index is 0.0395. The Labute approximate surface area is 773 Å². The quantitative estimate of drug-likeness (QED) is 0.0184. The molecule has 0 radical (unpaired) electrons. The van der Waals surface area contributed by atoms with E-state index in [9.17, 15) is 67.2 Å². The van der Waals surface area contributed by atoms with Crippen molar-refractivity contribution in [3.63, 3.8) is 0 Å². The maximum Gasteiger partial charge on any atom is 0.405 e. The van der Waals surface area contributed by atoms with Crippen molar-refractivity contribution in [3.8, 4) is 0 Å². The zero-order valence-corrected chi connectivity index (χ0v) is 82.6. The average Bonchev–Trinajstić information content (AvgIpc) is 1.73. The van der Waals surface area contributed by atoms with Crippen LogP contribution in [0.1, 0.15) is 367 Å². The van der Waals surface area contributed by atoms with Crippen molar-refractivity contribution in [2.24, 2.45) is 179 Å². The molecule has 0 aromatic rings. The zero-order chi connectivity index (χ0) is 92.2. The van der Waals surface area contributed by atoms with Crippen molar-refractivity contribution in [3.05, 3.63) is 23.3 Å². The molecule has 0 aromatic carbocycles. The maximum absolute atomic E-state index is 12.4. The number of alkyl halides is 4. The lowest BCUT2D eigenvalue weighted by Crippen LogP contribution is -2.58. The Morgan fingerprint density at radius 1 is 0.488 bits per heavy atom. The summed E-state index contributed by atoms with van der Waals surface area (Å²) < 4.78 is 42.2. The number of ketones is 4. The van der Waals surface area contributed by atoms with Gasteiger partial charge in [0.2, 0.25) is 11.8 Å². The molecule has 19 heteroatoms. The smallest absolute Gasteiger partial charge is 0.405 e. The van der Waals surface area contributed by atoms with E-state index in [0.717, 1.165) is 137 Å². The first-order valence-corrected chi connectivity index (χ1v) is 52.7. The summed E-state index contributed by atoms with van der Waals surface area (Å²) in [6.07, 6.45) is 39.1. The van der Waals surface area contributed by atoms with Crippen LogP contribution in [-0.2, 0) is 38.3 Å². The van der Waals surface area contributed by atoms with Crippen LogP contribution in [0, 0.1) is 179 Å². The second kappa shape index (κ2) is 40.5. The minimum Gasteiger partial charge on any atom is -0.463 e. The number of rotatable bonds is 23. The molecular formula is C108H170ClF3N2O12S. The lowest BCUT2D eigenvalue weighted by atomic mass is 9.44. The summed E-state index contributed by atoms with van der Waals surface area (Å²) in [5, 5.41) is 48.4. The van der Waals surface area contributed by atoms with Crippen LogP contribution in [0.2, 0.25) is 0 Å². The summed E-state index contributed by atoms with van der Waals surface area (Å²) in [5.41, 5.74) is 4.23. The lowest BCUT2D eigenvalue weighted by Gasteiger charge is -2.61. The van der Waals surface area contributed by atoms with E-state index in [2.05, 4.69) is 101 Å². The number of nitrogens with one attached hydrogen (secondary N) is 2. The summed E-state index contributed by atoms with van der Waals surface area (Å²) in [6, 6.07) is 0. The number of ether oxygens (including phenoxy) is 1. The first-order chi connectivity index (χ1) is 59.8. The molecule has 2 amide bonds. The summed E-state index contributed by atoms with van der Waals surface area (Å²) in [5.74, 6) is 14.2. The van der Waals surface area contributed by atoms with E-state index in [1.54, 1.807) is 5.57 Å². The Balaban J connectivity index is 0.000000145. The van der Waals surface area contributed by atoms with Gasteiger partial charge in [0.1, 0.15) is 29.7 Å². The predicted octanol–water partition coefficient (Wildman–Crippen LogP) is 23.0. The Bertz CT molecular complexity index is 3980. The molecule has 16 aliphatic carbocycles. The molecule has 14 nitrogen and oxygen atoms in total. The molecule has 0 aromatic heterocycles. The molecule has 16 rings (SSSR count). The molecule has 16 aliphatic rings. The SMILES string of the molecule is CC(=S)CC(=O)CCC(C)C1CCC2C3C[C@H](O)[C@@H]4CC(=O)CCC4(C)C3CCC12C.CC(CCC(=O)NCC(F)(F)F)C1CCC2C3C[C@H](O)[C@@H]4CC(=O)CCC4(C)C3CCC12C.CC(CCC(=O)NCCCl)C1CCC2C3C[C@H](O)[C@@H]4CC(=O)CCC4(C)C3CCC12C.CCOC(=O)/C(C)=C/CCC(C)C1CCC2C3CC=C4CC(O)CCC4(C)C3CCC12C. The van der Waals surface area contributed by atoms with Crippen molar-refractivity contribution in [1.82, 2.24) is 10.6 Å². The number of hydrogen-bond acceptors (Lipinski definition) is 13. The van der Waals surface area contributed by atoms with E-state index in [4.69, 9.17) is 28.6 Å². The Kier molecular flexibility index (Phi) is 32.2. The number of esters is 1. The second-order valence-electron chi connectivity index (χ2n) is 48.2. The number of halogens is 4. The standard InChI is InChI=1S/C29H46O3.C27H42O3S.C26H42ClNO3.C26H40F3NO3/c1-6-32-27(31)20(3)9-7-8-19(2)24-12-13-25-23-11-10-21-18-22(30)14-16-28(21,4)26(23)15-17-29(24,25)5;1-16(5-6-18(28)13-17(2)31)21-7-8-22-20-15-25(30)24-14-19(29)9-11-27(24,4)23(20)10-12-26(21,22)3;1-16(4-7-24(31)28-13-12-27)19-5-6-20-18-15-23(30)22-14-17(29)8-10-26(22,3)21(18)9-11-25(19,20)2;1-15(4-7-23(33)30-14-26(27,28)29)18-5-6-19-17-13-22(32)21-12-16(31)8-10-25(21,3)20(17)9-11-24(18,19)2/h9-10,19,22-26,30H,6-8,11-18H2,1-5H3;16,20-25,30H,5-15H2,1-4H3;16,18-23,30H,4-15H2,1-3H3,(H,28,31);15,17-22,32H,4-14H2,1-3H3,(H,30,33)/b20-9+;;;/t;16?,20?,21?,22?,23?,24-,25-,26?,27?;16?,18?,19?,20?,21?,22-,23-,25?,26?;15?,17?,18?,19?,20?,21-,22-,24?,25?/m.000/s1. The highest BCUT2D eigenvalue weighted by atomic mass is 35.5. The molecule has 15 fully saturated rings. The van der Waals surface area contributed by atoms with Crippen molar-refractivity contribution in [1.29, 1.82) is 0 Å². The van der Waals surface area contributed by atoms with Gasteiger partial charge in [-0.15, -0.1) is 11.6 Å². The molecule has 6 N–H and O–H groups in total. The molecule has 35 atom stereocenters. The lowest BCUT2D eigenvalue weighted by molar-refractivity contribution is -0.166. The van der Waals surface area contributed by atoms with Crippen molar-refractivity contribution < 1.29 is 71.9 Å². The third-order valence-corrected chi connectivity index (χ3v) is 42.5. The number of aliphatic hydroxyl groups is 4. The van der Waals surface area contributed by atoms with Crippen LogP contribution in [0.5, 0.6) is 0 Å². The second-order valence-corrected chi connectivity index (χ2v) is 49.3. The molecule has 0 spiro atoms. The van der Waals surface area contributed by atoms with Crippen LogP contribution in [0.25, 0.3) is 0 Å². The van der Waals surface area contributed by atoms with Gasteiger partial charge in [0.15, 0.2) is 0 Å². The molecule has 0 aliphatic heterocycles. The minimum atomic E-state index is -4.38. The first-order valence-electron chi connectivity index (χ1n) is 51.8. The van der Waals surface area contributed by atoms with Gasteiger partial charge in [-0.2, -0.15) is 13.2 Å². The van der Waals surface area contributed by atoms with E-state index in [1.807, 2.05) is 26.1 Å². The highest BCUT2D eigenvalue weighted by Crippen LogP contribution is 2.74. The van der Waals surface area contributed by atoms with Gasteiger partial charge in [0.05, 0.1) is 31.0 Å². The zero-order valence-electron chi connectivity index (χ0n) is 81.0. The van der Waals surface area contributed by atoms with Crippen LogP contribution in [-0.4, -0.2) is 122 Å². The number of Topliss-reactive ketones (excluding diaryl/α,β-unsaturated/α-hetero) is 4. The van der Waals surface area contributed by atoms with Gasteiger partial charge in [-0.1, -0.05) is 113 Å². The van der Waals surface area contributed by atoms with Gasteiger partial charge in [-0.3, -0.25) is 28.8 Å². The van der Waals surface area contributed by atoms with E-state index in [-0.39, 0.29) is 81.9 Å². The van der Waals surface area contributed by atoms with Crippen LogP contribution < -0.4 is 10.6 Å². The topological polar surface area (TPSA) is 234 Å². The number of carbonyl (C=O) groups excluding carboxylic acids is 7. The average molecular weight is 1810 g/mol. The number of allylic oxidation sites excluding steroid dienone is 2. The normalized spacial score (nSPS) is 44.2. The van der Waals surface area contributed by atoms with Gasteiger partial charge in [-0.05, 0) is 404 Å². The van der Waals surface area contributed by atoms with Gasteiger partial charge < -0.3 is 35.8 Å². The molecule has 15 saturated carbocycles. The number of thiocarbonyl (C=S) groups is 1. The monoisotopic (exact) mass is 1810 g/mol. The van der Waals surface area contributed by atoms with Crippen LogP contribution in [0.3, 0.4) is 0 Å². The number of aliphatic hydroxyl groups excluding tert-OH is 4. The van der Waals surface area contributed by atoms with E-state index < -0.39 is 24.7 Å². The number of amides is 2. The maximum atomic E-state index is 12.4. The Morgan fingerprint density at radius 3 is 1.24 bits per heavy atom. The number of hydrogen-bond donors (Lipinski definition) is 6. The summed E-state index contributed by atoms with van der Waals surface area (Å²) >= 11 is 10.8. The highest BCUT2D eigenvalue weighted by molar-refractivity contribution is 7.80. The van der Waals surface area contributed by atoms with Crippen LogP contribution in [0.15, 0.2) is 23.3 Å². The Morgan fingerprint density at radius 2 is 0.858 bits per heavy atom. The largest absolute Gasteiger partial charge is 0.463 e. The predicted molar refractivity (Wildman–Crippen MR) is 501 cm³/mol. The fourth-order valence-corrected chi connectivity index (χ4v) is 35.8. The van der Waals surface area contributed by atoms with Crippen molar-refractivity contribution in [2.75, 3.05) is 25.6 Å². The first kappa shape index (κ1) is 101. The van der Waals surface area contributed by atoms with Crippen LogP contribution in [0.4, 0.5) is 13.2 Å². The Hall–Kier alpha value is -3.42. The van der Waals surface area contributed by atoms with E-state index in [1.165, 1.54) is 89.9 Å². The molecule has 718 valence electrons. The van der Waals surface area contributed by atoms with Gasteiger partial charge in [0, 0.05) is 82.2 Å². The summed E-state index contributed by atoms with van der Waals surface area (Å²) in [6.45, 7) is 34.3. The van der Waals surface area contributed by atoms with Gasteiger partial charge in [0.25, 0.3) is 0 Å². The fraction of sp³-hybridized carbons (Fsp3) is 0.889. The van der Waals surface area contributed by atoms with Gasteiger partial charge >= 0.3 is 12.1 Å². The van der Waals surface area contributed by atoms with Crippen LogP contribution >= 0.6 is 23.8 Å². The number of carbonyl (C=O) groups is 7. The molecule has 0 heterocycles. The molecule has 0 bridgehead atoms. The molecule has 127 heavy (non-hydrogen) atoms. The third-order valence-electron chi connectivity index (χ3n) is 42.2. The van der Waals surface area contributed by atoms with E-state index >= 15 is 0 Å². The fourth-order valence-electron chi connectivity index (χ4n) is 35.5. The summed E-state index contributed by atoms with van der Waals surface area (Å²) in [7, 11) is 0. The summed E-state index contributed by atoms with van der Waals surface area (Å²) in [4.78, 5) is 85.3. The third kappa shape index (κ3) is 20.4. The van der Waals surface area contributed by atoms with Crippen molar-refractivity contribution >= 4 is 69.6 Å². The highest BCUT2D eigenvalue weighted by Gasteiger charge is 2.68. The van der Waals surface area contributed by atoms with Crippen molar-refractivity contribution in [2.45, 2.75) is 398 Å². The molecule has 0 saturated heterocycles.